The van der Waals surface area contributed by atoms with Crippen LogP contribution in [0, 0.1) is 0 Å². The third kappa shape index (κ3) is 4.02. The molecule has 0 aliphatic rings. The average molecular weight is 371 g/mol. The fourth-order valence-corrected chi connectivity index (χ4v) is 3.30. The van der Waals surface area contributed by atoms with Crippen molar-refractivity contribution >= 4 is 28.4 Å². The second-order valence-electron chi connectivity index (χ2n) is 6.65. The third-order valence-electron chi connectivity index (χ3n) is 4.50. The summed E-state index contributed by atoms with van der Waals surface area (Å²) in [6.07, 6.45) is 2.24. The van der Waals surface area contributed by atoms with Crippen LogP contribution in [-0.2, 0) is 17.8 Å². The molecule has 0 aliphatic carbocycles. The Hall–Kier alpha value is -2.46. The topological polar surface area (TPSA) is 45.3 Å². The number of amides is 1. The van der Waals surface area contributed by atoms with Gasteiger partial charge in [0.25, 0.3) is 0 Å². The molecule has 1 heterocycles. The van der Waals surface area contributed by atoms with Crippen molar-refractivity contribution in [2.24, 2.45) is 0 Å². The molecule has 1 N–H and O–H groups in total. The Morgan fingerprint density at radius 1 is 1.23 bits per heavy atom. The Kier molecular flexibility index (Phi) is 5.52. The van der Waals surface area contributed by atoms with Crippen molar-refractivity contribution < 1.29 is 9.53 Å². The Bertz CT molecular complexity index is 917. The summed E-state index contributed by atoms with van der Waals surface area (Å²) < 4.78 is 5.31. The zero-order valence-electron chi connectivity index (χ0n) is 15.3. The van der Waals surface area contributed by atoms with E-state index in [-0.39, 0.29) is 11.9 Å². The molecule has 0 unspecified atom stereocenters. The van der Waals surface area contributed by atoms with E-state index in [9.17, 15) is 4.79 Å². The Balaban J connectivity index is 1.82. The van der Waals surface area contributed by atoms with Crippen molar-refractivity contribution in [3.8, 4) is 5.75 Å². The van der Waals surface area contributed by atoms with Crippen LogP contribution in [0.3, 0.4) is 0 Å². The molecular weight excluding hydrogens is 348 g/mol. The van der Waals surface area contributed by atoms with Gasteiger partial charge in [-0.2, -0.15) is 0 Å². The number of fused-ring (bicyclic) bond motifs is 1. The van der Waals surface area contributed by atoms with Crippen LogP contribution < -0.4 is 4.74 Å². The summed E-state index contributed by atoms with van der Waals surface area (Å²) in [5.74, 6) is 0.870. The highest BCUT2D eigenvalue weighted by Gasteiger charge is 2.19. The molecule has 26 heavy (non-hydrogen) atoms. The highest BCUT2D eigenvalue weighted by Crippen LogP contribution is 2.25. The Morgan fingerprint density at radius 3 is 2.73 bits per heavy atom. The number of halogens is 1. The number of hydrogen-bond donors (Lipinski definition) is 1. The molecule has 1 aromatic heterocycles. The van der Waals surface area contributed by atoms with Crippen LogP contribution in [0.4, 0.5) is 0 Å². The van der Waals surface area contributed by atoms with Gasteiger partial charge in [-0.3, -0.25) is 4.79 Å². The predicted octanol–water partition coefficient (Wildman–Crippen LogP) is 4.81. The molecule has 3 rings (SSSR count). The SMILES string of the molecule is COc1ccc2[nH]cc(CC(=O)N(Cc3cccc(Cl)c3)C(C)C)c2c1. The van der Waals surface area contributed by atoms with Gasteiger partial charge in [0, 0.05) is 34.7 Å². The Labute approximate surface area is 158 Å². The molecule has 5 heteroatoms. The lowest BCUT2D eigenvalue weighted by atomic mass is 10.1. The van der Waals surface area contributed by atoms with Gasteiger partial charge in [0.2, 0.25) is 5.91 Å². The molecule has 0 saturated heterocycles. The first-order valence-corrected chi connectivity index (χ1v) is 9.03. The normalized spacial score (nSPS) is 11.1. The van der Waals surface area contributed by atoms with Crippen molar-refractivity contribution in [3.05, 3.63) is 64.8 Å². The predicted molar refractivity (Wildman–Crippen MR) is 106 cm³/mol. The number of aromatic nitrogens is 1. The van der Waals surface area contributed by atoms with Crippen LogP contribution in [-0.4, -0.2) is 28.9 Å². The second-order valence-corrected chi connectivity index (χ2v) is 7.08. The third-order valence-corrected chi connectivity index (χ3v) is 4.74. The van der Waals surface area contributed by atoms with E-state index in [0.717, 1.165) is 27.8 Å². The van der Waals surface area contributed by atoms with Crippen molar-refractivity contribution in [1.29, 1.82) is 0 Å². The quantitative estimate of drug-likeness (QED) is 0.676. The number of H-pyrrole nitrogens is 1. The zero-order valence-corrected chi connectivity index (χ0v) is 16.0. The van der Waals surface area contributed by atoms with E-state index in [1.807, 2.05) is 67.4 Å². The molecule has 0 spiro atoms. The molecule has 0 aliphatic heterocycles. The molecular formula is C21H23ClN2O2. The number of ether oxygens (including phenoxy) is 1. The summed E-state index contributed by atoms with van der Waals surface area (Å²) in [5, 5.41) is 1.70. The smallest absolute Gasteiger partial charge is 0.227 e. The van der Waals surface area contributed by atoms with Gasteiger partial charge in [-0.1, -0.05) is 23.7 Å². The molecule has 0 bridgehead atoms. The summed E-state index contributed by atoms with van der Waals surface area (Å²) in [7, 11) is 1.64. The number of carbonyl (C=O) groups is 1. The molecule has 0 saturated carbocycles. The summed E-state index contributed by atoms with van der Waals surface area (Å²) in [6, 6.07) is 13.6. The maximum atomic E-state index is 13.0. The molecule has 0 fully saturated rings. The van der Waals surface area contributed by atoms with Gasteiger partial charge < -0.3 is 14.6 Å². The molecule has 1 amide bonds. The monoisotopic (exact) mass is 370 g/mol. The number of nitrogens with one attached hydrogen (secondary N) is 1. The molecule has 0 radical (unpaired) electrons. The number of carbonyl (C=O) groups excluding carboxylic acids is 1. The number of hydrogen-bond acceptors (Lipinski definition) is 2. The second kappa shape index (κ2) is 7.83. The maximum absolute atomic E-state index is 13.0. The van der Waals surface area contributed by atoms with Gasteiger partial charge in [-0.15, -0.1) is 0 Å². The first-order valence-electron chi connectivity index (χ1n) is 8.66. The van der Waals surface area contributed by atoms with Gasteiger partial charge in [-0.25, -0.2) is 0 Å². The van der Waals surface area contributed by atoms with E-state index in [2.05, 4.69) is 4.98 Å². The first kappa shape index (κ1) is 18.3. The van der Waals surface area contributed by atoms with Gasteiger partial charge in [0.1, 0.15) is 5.75 Å². The molecule has 4 nitrogen and oxygen atoms in total. The first-order chi connectivity index (χ1) is 12.5. The van der Waals surface area contributed by atoms with E-state index in [4.69, 9.17) is 16.3 Å². The fourth-order valence-electron chi connectivity index (χ4n) is 3.09. The van der Waals surface area contributed by atoms with Crippen molar-refractivity contribution in [1.82, 2.24) is 9.88 Å². The minimum atomic E-state index is 0.0868. The number of nitrogens with zero attached hydrogens (tertiary/aromatic N) is 1. The number of rotatable bonds is 6. The molecule has 0 atom stereocenters. The lowest BCUT2D eigenvalue weighted by Gasteiger charge is -2.27. The maximum Gasteiger partial charge on any atom is 0.227 e. The van der Waals surface area contributed by atoms with Crippen molar-refractivity contribution in [2.45, 2.75) is 32.9 Å². The van der Waals surface area contributed by atoms with Crippen LogP contribution >= 0.6 is 11.6 Å². The molecule has 136 valence electrons. The average Bonchev–Trinajstić information content (AvgIpc) is 3.01. The highest BCUT2D eigenvalue weighted by molar-refractivity contribution is 6.30. The summed E-state index contributed by atoms with van der Waals surface area (Å²) >= 11 is 6.08. The van der Waals surface area contributed by atoms with E-state index >= 15 is 0 Å². The summed E-state index contributed by atoms with van der Waals surface area (Å²) in [5.41, 5.74) is 3.00. The van der Waals surface area contributed by atoms with E-state index in [0.29, 0.717) is 18.0 Å². The van der Waals surface area contributed by atoms with E-state index < -0.39 is 0 Å². The van der Waals surface area contributed by atoms with Crippen LogP contribution in [0.1, 0.15) is 25.0 Å². The lowest BCUT2D eigenvalue weighted by molar-refractivity contribution is -0.132. The van der Waals surface area contributed by atoms with Gasteiger partial charge >= 0.3 is 0 Å². The largest absolute Gasteiger partial charge is 0.497 e. The molecule has 3 aromatic rings. The van der Waals surface area contributed by atoms with Crippen LogP contribution in [0.15, 0.2) is 48.7 Å². The fraction of sp³-hybridized carbons (Fsp3) is 0.286. The van der Waals surface area contributed by atoms with Crippen molar-refractivity contribution in [2.75, 3.05) is 7.11 Å². The van der Waals surface area contributed by atoms with Crippen molar-refractivity contribution in [3.63, 3.8) is 0 Å². The zero-order chi connectivity index (χ0) is 18.7. The Morgan fingerprint density at radius 2 is 2.04 bits per heavy atom. The van der Waals surface area contributed by atoms with Crippen LogP contribution in [0.2, 0.25) is 5.02 Å². The van der Waals surface area contributed by atoms with Crippen LogP contribution in [0.25, 0.3) is 10.9 Å². The highest BCUT2D eigenvalue weighted by atomic mass is 35.5. The van der Waals surface area contributed by atoms with Gasteiger partial charge in [-0.05, 0) is 55.3 Å². The van der Waals surface area contributed by atoms with Gasteiger partial charge in [0.05, 0.1) is 13.5 Å². The summed E-state index contributed by atoms with van der Waals surface area (Å²) in [4.78, 5) is 18.1. The van der Waals surface area contributed by atoms with Crippen LogP contribution in [0.5, 0.6) is 5.75 Å². The van der Waals surface area contributed by atoms with E-state index in [1.165, 1.54) is 0 Å². The number of methoxy groups -OCH3 is 1. The van der Waals surface area contributed by atoms with E-state index in [1.54, 1.807) is 7.11 Å². The lowest BCUT2D eigenvalue weighted by Crippen LogP contribution is -2.37. The standard InChI is InChI=1S/C21H23ClN2O2/c1-14(2)24(13-15-5-4-6-17(22)9-15)21(25)10-16-12-23-20-8-7-18(26-3)11-19(16)20/h4-9,11-12,14,23H,10,13H2,1-3H3. The number of benzene rings is 2. The molecule has 2 aromatic carbocycles. The number of aromatic amines is 1. The minimum absolute atomic E-state index is 0.0868. The summed E-state index contributed by atoms with van der Waals surface area (Å²) in [6.45, 7) is 4.60. The minimum Gasteiger partial charge on any atom is -0.497 e. The van der Waals surface area contributed by atoms with Gasteiger partial charge in [0.15, 0.2) is 0 Å².